The van der Waals surface area contributed by atoms with E-state index < -0.39 is 53.2 Å². The third-order valence-corrected chi connectivity index (χ3v) is 5.36. The van der Waals surface area contributed by atoms with Gasteiger partial charge in [-0.1, -0.05) is 12.1 Å². The molecule has 0 aromatic heterocycles. The molecule has 0 unspecified atom stereocenters. The Morgan fingerprint density at radius 2 is 1.32 bits per heavy atom. The molecule has 31 heavy (non-hydrogen) atoms. The summed E-state index contributed by atoms with van der Waals surface area (Å²) in [7, 11) is 0. The molecule has 1 saturated heterocycles. The van der Waals surface area contributed by atoms with Crippen LogP contribution in [0.3, 0.4) is 0 Å². The van der Waals surface area contributed by atoms with Gasteiger partial charge in [-0.2, -0.15) is 0 Å². The second kappa shape index (κ2) is 7.86. The zero-order valence-corrected chi connectivity index (χ0v) is 16.1. The van der Waals surface area contributed by atoms with Crippen molar-refractivity contribution in [3.63, 3.8) is 0 Å². The van der Waals surface area contributed by atoms with Gasteiger partial charge in [0.2, 0.25) is 5.91 Å². The summed E-state index contributed by atoms with van der Waals surface area (Å²) in [5, 5.41) is 0. The molecule has 2 aromatic carbocycles. The highest BCUT2D eigenvalue weighted by Gasteiger charge is 2.37. The number of imide groups is 1. The van der Waals surface area contributed by atoms with Gasteiger partial charge < -0.3 is 9.80 Å². The number of hydrogen-bond donors (Lipinski definition) is 0. The van der Waals surface area contributed by atoms with Crippen molar-refractivity contribution in [2.45, 2.75) is 0 Å². The van der Waals surface area contributed by atoms with E-state index in [1.807, 2.05) is 0 Å². The number of carbonyl (C=O) groups is 4. The first-order valence-corrected chi connectivity index (χ1v) is 9.45. The predicted molar refractivity (Wildman–Crippen MR) is 101 cm³/mol. The summed E-state index contributed by atoms with van der Waals surface area (Å²) in [6.45, 7) is -0.202. The van der Waals surface area contributed by atoms with Gasteiger partial charge >= 0.3 is 0 Å². The lowest BCUT2D eigenvalue weighted by Gasteiger charge is -2.35. The fourth-order valence-corrected chi connectivity index (χ4v) is 3.64. The van der Waals surface area contributed by atoms with Crippen molar-refractivity contribution in [1.29, 1.82) is 0 Å². The van der Waals surface area contributed by atoms with Crippen LogP contribution in [-0.2, 0) is 4.79 Å². The van der Waals surface area contributed by atoms with E-state index in [-0.39, 0.29) is 37.3 Å². The highest BCUT2D eigenvalue weighted by Crippen LogP contribution is 2.23. The van der Waals surface area contributed by atoms with Crippen molar-refractivity contribution >= 4 is 23.6 Å². The largest absolute Gasteiger partial charge is 0.338 e. The van der Waals surface area contributed by atoms with Crippen molar-refractivity contribution in [3.8, 4) is 0 Å². The number of piperazine rings is 1. The molecule has 2 aliphatic rings. The van der Waals surface area contributed by atoms with Gasteiger partial charge in [0, 0.05) is 26.2 Å². The van der Waals surface area contributed by atoms with E-state index in [1.165, 1.54) is 21.9 Å². The second-order valence-corrected chi connectivity index (χ2v) is 7.14. The molecule has 0 spiro atoms. The third kappa shape index (κ3) is 3.54. The number of amides is 4. The van der Waals surface area contributed by atoms with Crippen molar-refractivity contribution < 1.29 is 32.3 Å². The molecule has 2 heterocycles. The van der Waals surface area contributed by atoms with E-state index in [4.69, 9.17) is 0 Å². The van der Waals surface area contributed by atoms with Gasteiger partial charge in [-0.3, -0.25) is 24.1 Å². The van der Waals surface area contributed by atoms with Crippen molar-refractivity contribution in [2.24, 2.45) is 0 Å². The number of halogens is 3. The Kier molecular flexibility index (Phi) is 5.22. The minimum absolute atomic E-state index is 0.0329. The Morgan fingerprint density at radius 1 is 0.774 bits per heavy atom. The molecule has 0 radical (unpaired) electrons. The minimum Gasteiger partial charge on any atom is -0.338 e. The van der Waals surface area contributed by atoms with Gasteiger partial charge in [-0.25, -0.2) is 13.2 Å². The number of rotatable bonds is 3. The molecule has 2 aliphatic heterocycles. The van der Waals surface area contributed by atoms with E-state index in [9.17, 15) is 32.3 Å². The molecule has 0 N–H and O–H groups in total. The molecule has 4 rings (SSSR count). The SMILES string of the molecule is O=C(CN1C(=O)c2ccccc2C1=O)N1CCN(C(=O)c2ccc(F)c(F)c2F)CC1. The molecule has 2 aromatic rings. The Balaban J connectivity index is 1.38. The second-order valence-electron chi connectivity index (χ2n) is 7.14. The molecular formula is C21H16F3N3O4. The van der Waals surface area contributed by atoms with Gasteiger partial charge in [0.05, 0.1) is 16.7 Å². The Labute approximate surface area is 174 Å². The van der Waals surface area contributed by atoms with Crippen LogP contribution in [0.5, 0.6) is 0 Å². The van der Waals surface area contributed by atoms with Crippen LogP contribution in [0.25, 0.3) is 0 Å². The quantitative estimate of drug-likeness (QED) is 0.548. The predicted octanol–water partition coefficient (Wildman–Crippen LogP) is 1.68. The first-order chi connectivity index (χ1) is 14.8. The molecular weight excluding hydrogens is 415 g/mol. The van der Waals surface area contributed by atoms with E-state index in [0.717, 1.165) is 11.0 Å². The van der Waals surface area contributed by atoms with Crippen LogP contribution in [0.1, 0.15) is 31.1 Å². The fourth-order valence-electron chi connectivity index (χ4n) is 3.64. The smallest absolute Gasteiger partial charge is 0.262 e. The molecule has 0 saturated carbocycles. The van der Waals surface area contributed by atoms with Gasteiger partial charge in [0.25, 0.3) is 17.7 Å². The van der Waals surface area contributed by atoms with Crippen LogP contribution in [0.15, 0.2) is 36.4 Å². The average Bonchev–Trinajstić information content (AvgIpc) is 3.02. The lowest BCUT2D eigenvalue weighted by atomic mass is 10.1. The normalized spacial score (nSPS) is 16.0. The number of fused-ring (bicyclic) bond motifs is 1. The van der Waals surface area contributed by atoms with E-state index >= 15 is 0 Å². The number of carbonyl (C=O) groups excluding carboxylic acids is 4. The number of benzene rings is 2. The van der Waals surface area contributed by atoms with Gasteiger partial charge in [0.1, 0.15) is 6.54 Å². The van der Waals surface area contributed by atoms with Crippen molar-refractivity contribution in [1.82, 2.24) is 14.7 Å². The monoisotopic (exact) mass is 431 g/mol. The third-order valence-electron chi connectivity index (χ3n) is 5.36. The van der Waals surface area contributed by atoms with E-state index in [0.29, 0.717) is 6.07 Å². The highest BCUT2D eigenvalue weighted by atomic mass is 19.2. The zero-order valence-electron chi connectivity index (χ0n) is 16.1. The summed E-state index contributed by atoms with van der Waals surface area (Å²) < 4.78 is 40.4. The first-order valence-electron chi connectivity index (χ1n) is 9.45. The maximum atomic E-state index is 13.9. The molecule has 7 nitrogen and oxygen atoms in total. The molecule has 10 heteroatoms. The summed E-state index contributed by atoms with van der Waals surface area (Å²) in [6, 6.07) is 7.83. The lowest BCUT2D eigenvalue weighted by molar-refractivity contribution is -0.132. The summed E-state index contributed by atoms with van der Waals surface area (Å²) >= 11 is 0. The number of nitrogens with zero attached hydrogens (tertiary/aromatic N) is 3. The molecule has 160 valence electrons. The Morgan fingerprint density at radius 3 is 1.90 bits per heavy atom. The van der Waals surface area contributed by atoms with Crippen LogP contribution in [0.4, 0.5) is 13.2 Å². The zero-order chi connectivity index (χ0) is 22.3. The van der Waals surface area contributed by atoms with Crippen molar-refractivity contribution in [3.05, 3.63) is 70.5 Å². The van der Waals surface area contributed by atoms with Crippen LogP contribution >= 0.6 is 0 Å². The first kappa shape index (κ1) is 20.6. The van der Waals surface area contributed by atoms with Gasteiger partial charge in [-0.15, -0.1) is 0 Å². The maximum absolute atomic E-state index is 13.9. The van der Waals surface area contributed by atoms with Crippen LogP contribution in [-0.4, -0.2) is 71.1 Å². The van der Waals surface area contributed by atoms with E-state index in [2.05, 4.69) is 0 Å². The average molecular weight is 431 g/mol. The topological polar surface area (TPSA) is 78.0 Å². The summed E-state index contributed by atoms with van der Waals surface area (Å²) in [5.74, 6) is -7.05. The molecule has 4 amide bonds. The molecule has 0 aliphatic carbocycles. The highest BCUT2D eigenvalue weighted by molar-refractivity contribution is 6.22. The van der Waals surface area contributed by atoms with Crippen LogP contribution in [0.2, 0.25) is 0 Å². The van der Waals surface area contributed by atoms with E-state index in [1.54, 1.807) is 12.1 Å². The molecule has 1 fully saturated rings. The Bertz CT molecular complexity index is 1080. The standard InChI is InChI=1S/C21H16F3N3O4/c22-15-6-5-14(17(23)18(15)24)19(29)26-9-7-25(8-10-26)16(28)11-27-20(30)12-3-1-2-4-13(12)21(27)31/h1-6H,7-11H2. The lowest BCUT2D eigenvalue weighted by Crippen LogP contribution is -2.53. The summed E-state index contributed by atoms with van der Waals surface area (Å²) in [5.41, 5.74) is -0.113. The van der Waals surface area contributed by atoms with Crippen LogP contribution < -0.4 is 0 Å². The number of hydrogen-bond acceptors (Lipinski definition) is 4. The minimum atomic E-state index is -1.72. The fraction of sp³-hybridized carbons (Fsp3) is 0.238. The Hall–Kier alpha value is -3.69. The molecule has 0 bridgehead atoms. The van der Waals surface area contributed by atoms with Gasteiger partial charge in [0.15, 0.2) is 17.5 Å². The van der Waals surface area contributed by atoms with Gasteiger partial charge in [-0.05, 0) is 24.3 Å². The summed E-state index contributed by atoms with van der Waals surface area (Å²) in [6.07, 6.45) is 0. The maximum Gasteiger partial charge on any atom is 0.262 e. The van der Waals surface area contributed by atoms with Crippen molar-refractivity contribution in [2.75, 3.05) is 32.7 Å². The van der Waals surface area contributed by atoms with Crippen LogP contribution in [0, 0.1) is 17.5 Å². The molecule has 0 atom stereocenters. The summed E-state index contributed by atoms with van der Waals surface area (Å²) in [4.78, 5) is 53.3.